The van der Waals surface area contributed by atoms with Crippen molar-refractivity contribution in [3.8, 4) is 5.75 Å². The fourth-order valence-electron chi connectivity index (χ4n) is 1.00. The molecule has 13 heavy (non-hydrogen) atoms. The van der Waals surface area contributed by atoms with Crippen molar-refractivity contribution in [1.29, 1.82) is 0 Å². The van der Waals surface area contributed by atoms with Crippen LogP contribution in [0.15, 0.2) is 18.2 Å². The van der Waals surface area contributed by atoms with Gasteiger partial charge in [-0.1, -0.05) is 6.07 Å². The lowest BCUT2D eigenvalue weighted by atomic mass is 10.2. The summed E-state index contributed by atoms with van der Waals surface area (Å²) in [6.45, 7) is 0. The Morgan fingerprint density at radius 3 is 2.69 bits per heavy atom. The van der Waals surface area contributed by atoms with Crippen LogP contribution in [0.4, 0.5) is 5.69 Å². The zero-order valence-corrected chi connectivity index (χ0v) is 8.08. The fourth-order valence-corrected chi connectivity index (χ4v) is 1.50. The van der Waals surface area contributed by atoms with Gasteiger partial charge in [0, 0.05) is 0 Å². The van der Waals surface area contributed by atoms with E-state index >= 15 is 0 Å². The van der Waals surface area contributed by atoms with Crippen LogP contribution in [0.3, 0.4) is 0 Å². The molecule has 0 spiro atoms. The molecule has 0 amide bonds. The summed E-state index contributed by atoms with van der Waals surface area (Å²) < 4.78 is 25.8. The van der Waals surface area contributed by atoms with E-state index in [4.69, 9.17) is 10.5 Å². The Kier molecular flexibility index (Phi) is 3.13. The Labute approximate surface area is 78.3 Å². The lowest BCUT2D eigenvalue weighted by Gasteiger charge is -2.04. The van der Waals surface area contributed by atoms with Gasteiger partial charge in [0.05, 0.1) is 18.6 Å². The topological polar surface area (TPSA) is 69.4 Å². The average molecular weight is 201 g/mol. The zero-order chi connectivity index (χ0) is 9.84. The summed E-state index contributed by atoms with van der Waals surface area (Å²) in [6.07, 6.45) is 0. The molecule has 0 saturated carbocycles. The third-order valence-corrected chi connectivity index (χ3v) is 2.23. The Bertz CT molecular complexity index is 366. The number of ether oxygens (including phenoxy) is 1. The number of rotatable bonds is 3. The summed E-state index contributed by atoms with van der Waals surface area (Å²) in [6, 6.07) is 4.93. The molecule has 1 aromatic carbocycles. The molecule has 0 bridgehead atoms. The van der Waals surface area contributed by atoms with Gasteiger partial charge in [-0.2, -0.15) is 0 Å². The van der Waals surface area contributed by atoms with E-state index < -0.39 is 10.7 Å². The van der Waals surface area contributed by atoms with Gasteiger partial charge in [0.25, 0.3) is 0 Å². The fraction of sp³-hybridized carbons (Fsp3) is 0.250. The van der Waals surface area contributed by atoms with Crippen LogP contribution in [-0.4, -0.2) is 15.5 Å². The van der Waals surface area contributed by atoms with E-state index in [1.807, 2.05) is 0 Å². The molecular weight excluding hydrogens is 190 g/mol. The maximum atomic E-state index is 10.4. The first-order valence-electron chi connectivity index (χ1n) is 3.67. The molecule has 0 aliphatic rings. The number of thiol groups is 1. The molecule has 1 rings (SSSR count). The van der Waals surface area contributed by atoms with Crippen molar-refractivity contribution < 1.29 is 13.2 Å². The van der Waals surface area contributed by atoms with Crippen LogP contribution in [0.25, 0.3) is 0 Å². The quantitative estimate of drug-likeness (QED) is 0.548. The summed E-state index contributed by atoms with van der Waals surface area (Å²) in [5.74, 6) is 0.528. The molecule has 0 atom stereocenters. The summed E-state index contributed by atoms with van der Waals surface area (Å²) >= 11 is 0. The molecular formula is C8H11NO3S. The number of nitrogen functional groups attached to an aromatic ring is 1. The van der Waals surface area contributed by atoms with Gasteiger partial charge in [-0.3, -0.25) is 0 Å². The van der Waals surface area contributed by atoms with Crippen molar-refractivity contribution in [2.24, 2.45) is 0 Å². The van der Waals surface area contributed by atoms with Crippen LogP contribution in [0.1, 0.15) is 5.56 Å². The van der Waals surface area contributed by atoms with Gasteiger partial charge in [-0.15, -0.1) is 0 Å². The summed E-state index contributed by atoms with van der Waals surface area (Å²) in [5, 5.41) is 0. The van der Waals surface area contributed by atoms with Crippen molar-refractivity contribution in [3.63, 3.8) is 0 Å². The van der Waals surface area contributed by atoms with Gasteiger partial charge in [0.2, 0.25) is 0 Å². The van der Waals surface area contributed by atoms with E-state index in [1.165, 1.54) is 7.11 Å². The molecule has 0 aromatic heterocycles. The Morgan fingerprint density at radius 1 is 1.46 bits per heavy atom. The average Bonchev–Trinajstić information content (AvgIpc) is 2.07. The van der Waals surface area contributed by atoms with Crippen molar-refractivity contribution >= 4 is 16.4 Å². The molecule has 2 N–H and O–H groups in total. The first kappa shape index (κ1) is 9.85. The number of hydrogen-bond donors (Lipinski definition) is 2. The van der Waals surface area contributed by atoms with Crippen molar-refractivity contribution in [1.82, 2.24) is 0 Å². The highest BCUT2D eigenvalue weighted by Crippen LogP contribution is 2.22. The molecule has 0 saturated heterocycles. The lowest BCUT2D eigenvalue weighted by Crippen LogP contribution is -1.94. The predicted molar refractivity (Wildman–Crippen MR) is 51.4 cm³/mol. The molecule has 1 aromatic rings. The SMILES string of the molecule is COc1cc(C[SH](=O)=O)ccc1N. The molecule has 0 radical (unpaired) electrons. The zero-order valence-electron chi connectivity index (χ0n) is 7.19. The number of benzene rings is 1. The molecule has 0 aliphatic heterocycles. The normalized spacial score (nSPS) is 10.3. The largest absolute Gasteiger partial charge is 0.495 e. The molecule has 72 valence electrons. The summed E-state index contributed by atoms with van der Waals surface area (Å²) in [5.41, 5.74) is 6.74. The van der Waals surface area contributed by atoms with Gasteiger partial charge in [-0.25, -0.2) is 8.42 Å². The van der Waals surface area contributed by atoms with E-state index in [0.717, 1.165) is 0 Å². The van der Waals surface area contributed by atoms with Crippen molar-refractivity contribution in [2.75, 3.05) is 12.8 Å². The standard InChI is InChI=1S/C8H11NO3S/c1-12-8-4-6(5-13(10)11)2-3-7(8)9/h2-4,13H,5,9H2,1H3. The minimum absolute atomic E-state index is 0.0198. The monoisotopic (exact) mass is 201 g/mol. The van der Waals surface area contributed by atoms with E-state index in [0.29, 0.717) is 17.0 Å². The Morgan fingerprint density at radius 2 is 2.15 bits per heavy atom. The number of methoxy groups -OCH3 is 1. The smallest absolute Gasteiger partial charge is 0.144 e. The number of anilines is 1. The minimum Gasteiger partial charge on any atom is -0.495 e. The van der Waals surface area contributed by atoms with E-state index in [9.17, 15) is 8.42 Å². The predicted octanol–water partition coefficient (Wildman–Crippen LogP) is 0.389. The summed E-state index contributed by atoms with van der Waals surface area (Å²) in [4.78, 5) is 0. The van der Waals surface area contributed by atoms with Gasteiger partial charge >= 0.3 is 0 Å². The van der Waals surface area contributed by atoms with Crippen LogP contribution >= 0.6 is 0 Å². The molecule has 4 nitrogen and oxygen atoms in total. The first-order chi connectivity index (χ1) is 6.13. The summed E-state index contributed by atoms with van der Waals surface area (Å²) in [7, 11) is -0.907. The Balaban J connectivity index is 2.99. The molecule has 5 heteroatoms. The highest BCUT2D eigenvalue weighted by molar-refractivity contribution is 7.71. The van der Waals surface area contributed by atoms with Gasteiger partial charge < -0.3 is 10.5 Å². The molecule has 0 heterocycles. The second-order valence-electron chi connectivity index (χ2n) is 2.57. The van der Waals surface area contributed by atoms with Crippen LogP contribution in [0, 0.1) is 0 Å². The first-order valence-corrected chi connectivity index (χ1v) is 5.04. The number of nitrogens with two attached hydrogens (primary N) is 1. The van der Waals surface area contributed by atoms with Crippen molar-refractivity contribution in [2.45, 2.75) is 5.75 Å². The van der Waals surface area contributed by atoms with Crippen LogP contribution < -0.4 is 10.5 Å². The highest BCUT2D eigenvalue weighted by Gasteiger charge is 2.01. The molecule has 0 fully saturated rings. The molecule has 0 unspecified atom stereocenters. The van der Waals surface area contributed by atoms with E-state index in [-0.39, 0.29) is 5.75 Å². The lowest BCUT2D eigenvalue weighted by molar-refractivity contribution is 0.416. The Hall–Kier alpha value is -1.23. The second kappa shape index (κ2) is 4.13. The van der Waals surface area contributed by atoms with Crippen LogP contribution in [0.5, 0.6) is 5.75 Å². The second-order valence-corrected chi connectivity index (χ2v) is 3.55. The minimum atomic E-state index is -2.40. The molecule has 0 aliphatic carbocycles. The van der Waals surface area contributed by atoms with Crippen molar-refractivity contribution in [3.05, 3.63) is 23.8 Å². The number of hydrogen-bond acceptors (Lipinski definition) is 4. The van der Waals surface area contributed by atoms with Gasteiger partial charge in [0.1, 0.15) is 16.5 Å². The maximum absolute atomic E-state index is 10.4. The van der Waals surface area contributed by atoms with E-state index in [1.54, 1.807) is 18.2 Å². The third kappa shape index (κ3) is 2.62. The van der Waals surface area contributed by atoms with Gasteiger partial charge in [-0.05, 0) is 17.7 Å². The maximum Gasteiger partial charge on any atom is 0.144 e. The van der Waals surface area contributed by atoms with Gasteiger partial charge in [0.15, 0.2) is 0 Å². The highest BCUT2D eigenvalue weighted by atomic mass is 32.2. The third-order valence-electron chi connectivity index (χ3n) is 1.61. The van der Waals surface area contributed by atoms with E-state index in [2.05, 4.69) is 0 Å². The van der Waals surface area contributed by atoms with Crippen LogP contribution in [-0.2, 0) is 16.5 Å². The van der Waals surface area contributed by atoms with Crippen LogP contribution in [0.2, 0.25) is 0 Å².